The van der Waals surface area contributed by atoms with Crippen LogP contribution in [-0.2, 0) is 20.9 Å². The van der Waals surface area contributed by atoms with Gasteiger partial charge in [-0.2, -0.15) is 0 Å². The molecule has 1 amide bonds. The molecular weight excluding hydrogens is 246 g/mol. The second-order valence-electron chi connectivity index (χ2n) is 4.77. The van der Waals surface area contributed by atoms with Crippen molar-refractivity contribution < 1.29 is 19.4 Å². The van der Waals surface area contributed by atoms with Gasteiger partial charge >= 0.3 is 5.97 Å². The first-order valence-electron chi connectivity index (χ1n) is 6.08. The zero-order valence-corrected chi connectivity index (χ0v) is 11.2. The molecule has 1 aromatic rings. The quantitative estimate of drug-likeness (QED) is 0.734. The Bertz CT molecular complexity index is 428. The third-order valence-electron chi connectivity index (χ3n) is 2.57. The van der Waals surface area contributed by atoms with Gasteiger partial charge in [0, 0.05) is 0 Å². The van der Waals surface area contributed by atoms with E-state index >= 15 is 0 Å². The molecular formula is C14H19NO4. The lowest BCUT2D eigenvalue weighted by molar-refractivity contribution is -0.146. The van der Waals surface area contributed by atoms with Gasteiger partial charge in [0.2, 0.25) is 5.91 Å². The lowest BCUT2D eigenvalue weighted by Crippen LogP contribution is -2.49. The molecule has 0 heterocycles. The monoisotopic (exact) mass is 265 g/mol. The molecule has 0 saturated heterocycles. The van der Waals surface area contributed by atoms with Crippen molar-refractivity contribution in [3.8, 4) is 0 Å². The van der Waals surface area contributed by atoms with E-state index in [1.54, 1.807) is 0 Å². The van der Waals surface area contributed by atoms with Crippen LogP contribution in [0.3, 0.4) is 0 Å². The van der Waals surface area contributed by atoms with Crippen molar-refractivity contribution in [1.82, 2.24) is 5.32 Å². The molecule has 2 N–H and O–H groups in total. The van der Waals surface area contributed by atoms with Crippen LogP contribution in [0, 0.1) is 0 Å². The fourth-order valence-corrected chi connectivity index (χ4v) is 1.39. The number of amides is 1. The number of carbonyl (C=O) groups is 2. The molecule has 1 aromatic carbocycles. The van der Waals surface area contributed by atoms with E-state index in [0.717, 1.165) is 5.56 Å². The smallest absolute Gasteiger partial charge is 0.328 e. The van der Waals surface area contributed by atoms with E-state index in [2.05, 4.69) is 5.32 Å². The summed E-state index contributed by atoms with van der Waals surface area (Å²) in [5.74, 6) is -1.40. The zero-order chi connectivity index (χ0) is 14.3. The molecule has 0 aliphatic carbocycles. The topological polar surface area (TPSA) is 75.6 Å². The Morgan fingerprint density at radius 1 is 1.26 bits per heavy atom. The predicted molar refractivity (Wildman–Crippen MR) is 70.6 cm³/mol. The number of carboxylic acids is 1. The van der Waals surface area contributed by atoms with Crippen LogP contribution in [0.1, 0.15) is 25.8 Å². The van der Waals surface area contributed by atoms with Gasteiger partial charge < -0.3 is 15.2 Å². The molecule has 19 heavy (non-hydrogen) atoms. The largest absolute Gasteiger partial charge is 0.480 e. The number of aliphatic carboxylic acids is 1. The Labute approximate surface area is 112 Å². The van der Waals surface area contributed by atoms with Gasteiger partial charge in [-0.05, 0) is 19.4 Å². The molecule has 104 valence electrons. The third kappa shape index (κ3) is 5.52. The predicted octanol–water partition coefficient (Wildman–Crippen LogP) is 1.57. The minimum absolute atomic E-state index is 0.142. The molecule has 0 bridgehead atoms. The second kappa shape index (κ2) is 6.89. The van der Waals surface area contributed by atoms with Gasteiger partial charge in [-0.15, -0.1) is 0 Å². The number of carboxylic acid groups (broad SMARTS) is 1. The van der Waals surface area contributed by atoms with Crippen molar-refractivity contribution in [2.24, 2.45) is 0 Å². The van der Waals surface area contributed by atoms with E-state index in [-0.39, 0.29) is 18.9 Å². The van der Waals surface area contributed by atoms with Crippen molar-refractivity contribution >= 4 is 11.9 Å². The molecule has 0 fully saturated rings. The van der Waals surface area contributed by atoms with Crippen LogP contribution < -0.4 is 5.32 Å². The van der Waals surface area contributed by atoms with Gasteiger partial charge in [0.25, 0.3) is 0 Å². The lowest BCUT2D eigenvalue weighted by Gasteiger charge is -2.20. The Hall–Kier alpha value is -1.88. The van der Waals surface area contributed by atoms with E-state index in [9.17, 15) is 9.59 Å². The maximum atomic E-state index is 11.5. The van der Waals surface area contributed by atoms with Crippen molar-refractivity contribution in [3.05, 3.63) is 35.9 Å². The normalized spacial score (nSPS) is 11.1. The highest BCUT2D eigenvalue weighted by Crippen LogP contribution is 2.03. The van der Waals surface area contributed by atoms with Crippen molar-refractivity contribution in [1.29, 1.82) is 0 Å². The number of nitrogens with one attached hydrogen (secondary N) is 1. The van der Waals surface area contributed by atoms with Crippen molar-refractivity contribution in [3.63, 3.8) is 0 Å². The summed E-state index contributed by atoms with van der Waals surface area (Å²) in [6.45, 7) is 3.59. The number of rotatable bonds is 7. The van der Waals surface area contributed by atoms with Gasteiger partial charge in [0.05, 0.1) is 19.6 Å². The summed E-state index contributed by atoms with van der Waals surface area (Å²) in [5, 5.41) is 11.3. The molecule has 1 rings (SSSR count). The fourth-order valence-electron chi connectivity index (χ4n) is 1.39. The highest BCUT2D eigenvalue weighted by atomic mass is 16.5. The third-order valence-corrected chi connectivity index (χ3v) is 2.57. The van der Waals surface area contributed by atoms with Crippen molar-refractivity contribution in [2.45, 2.75) is 32.4 Å². The molecule has 0 radical (unpaired) electrons. The highest BCUT2D eigenvalue weighted by Gasteiger charge is 2.28. The lowest BCUT2D eigenvalue weighted by atomic mass is 10.1. The maximum absolute atomic E-state index is 11.5. The van der Waals surface area contributed by atoms with Crippen LogP contribution in [0.2, 0.25) is 0 Å². The molecule has 0 saturated carbocycles. The van der Waals surface area contributed by atoms with Crippen LogP contribution >= 0.6 is 0 Å². The van der Waals surface area contributed by atoms with Crippen LogP contribution in [0.4, 0.5) is 0 Å². The van der Waals surface area contributed by atoms with E-state index in [1.807, 2.05) is 30.3 Å². The Morgan fingerprint density at radius 2 is 1.89 bits per heavy atom. The van der Waals surface area contributed by atoms with Crippen LogP contribution in [0.25, 0.3) is 0 Å². The molecule has 0 spiro atoms. The first kappa shape index (κ1) is 15.2. The zero-order valence-electron chi connectivity index (χ0n) is 11.2. The van der Waals surface area contributed by atoms with E-state index < -0.39 is 11.5 Å². The number of hydrogen-bond acceptors (Lipinski definition) is 3. The number of benzene rings is 1. The minimum Gasteiger partial charge on any atom is -0.480 e. The summed E-state index contributed by atoms with van der Waals surface area (Å²) >= 11 is 0. The van der Waals surface area contributed by atoms with Crippen LogP contribution in [-0.4, -0.2) is 29.1 Å². The van der Waals surface area contributed by atoms with Crippen LogP contribution in [0.5, 0.6) is 0 Å². The highest BCUT2D eigenvalue weighted by molar-refractivity contribution is 5.86. The molecule has 0 aliphatic rings. The average Bonchev–Trinajstić information content (AvgIpc) is 2.35. The fraction of sp³-hybridized carbons (Fsp3) is 0.429. The van der Waals surface area contributed by atoms with Gasteiger partial charge in [0.1, 0.15) is 5.54 Å². The number of hydrogen-bond donors (Lipinski definition) is 2. The van der Waals surface area contributed by atoms with Gasteiger partial charge in [-0.3, -0.25) is 4.79 Å². The van der Waals surface area contributed by atoms with Gasteiger partial charge in [-0.25, -0.2) is 4.79 Å². The molecule has 0 unspecified atom stereocenters. The molecule has 0 atom stereocenters. The minimum atomic E-state index is -1.25. The van der Waals surface area contributed by atoms with Crippen molar-refractivity contribution in [2.75, 3.05) is 6.61 Å². The number of ether oxygens (including phenoxy) is 1. The van der Waals surface area contributed by atoms with Crippen LogP contribution in [0.15, 0.2) is 30.3 Å². The van der Waals surface area contributed by atoms with E-state index in [0.29, 0.717) is 6.61 Å². The summed E-state index contributed by atoms with van der Waals surface area (Å²) in [5.41, 5.74) is -0.218. The second-order valence-corrected chi connectivity index (χ2v) is 4.77. The Kier molecular flexibility index (Phi) is 5.51. The summed E-state index contributed by atoms with van der Waals surface area (Å²) in [6, 6.07) is 9.63. The first-order chi connectivity index (χ1) is 8.92. The SMILES string of the molecule is CC(C)(NC(=O)CCOCc1ccccc1)C(=O)O. The summed E-state index contributed by atoms with van der Waals surface area (Å²) in [7, 11) is 0. The first-order valence-corrected chi connectivity index (χ1v) is 6.08. The molecule has 5 heteroatoms. The molecule has 5 nitrogen and oxygen atoms in total. The van der Waals surface area contributed by atoms with Gasteiger partial charge in [0.15, 0.2) is 0 Å². The Balaban J connectivity index is 2.23. The van der Waals surface area contributed by atoms with E-state index in [1.165, 1.54) is 13.8 Å². The van der Waals surface area contributed by atoms with E-state index in [4.69, 9.17) is 9.84 Å². The molecule has 0 aromatic heterocycles. The maximum Gasteiger partial charge on any atom is 0.328 e. The standard InChI is InChI=1S/C14H19NO4/c1-14(2,13(17)18)15-12(16)8-9-19-10-11-6-4-3-5-7-11/h3-7H,8-10H2,1-2H3,(H,15,16)(H,17,18). The number of carbonyl (C=O) groups excluding carboxylic acids is 1. The van der Waals surface area contributed by atoms with Gasteiger partial charge in [-0.1, -0.05) is 30.3 Å². The summed E-state index contributed by atoms with van der Waals surface area (Å²) in [4.78, 5) is 22.3. The average molecular weight is 265 g/mol. The summed E-state index contributed by atoms with van der Waals surface area (Å²) in [6.07, 6.45) is 0.142. The molecule has 0 aliphatic heterocycles. The Morgan fingerprint density at radius 3 is 2.47 bits per heavy atom. The summed E-state index contributed by atoms with van der Waals surface area (Å²) < 4.78 is 5.36.